The van der Waals surface area contributed by atoms with Crippen molar-refractivity contribution in [3.05, 3.63) is 17.0 Å². The van der Waals surface area contributed by atoms with E-state index < -0.39 is 0 Å². The highest BCUT2D eigenvalue weighted by molar-refractivity contribution is 6.29. The van der Waals surface area contributed by atoms with Gasteiger partial charge >= 0.3 is 0 Å². The maximum atomic E-state index is 5.96. The number of hydrogen-bond donors (Lipinski definition) is 1. The molecule has 1 heterocycles. The molecule has 1 aliphatic rings. The normalized spacial score (nSPS) is 17.2. The predicted octanol–water partition coefficient (Wildman–Crippen LogP) is 2.45. The van der Waals surface area contributed by atoms with Crippen LogP contribution in [0.5, 0.6) is 0 Å². The van der Waals surface area contributed by atoms with Gasteiger partial charge in [0.25, 0.3) is 0 Å². The first-order valence-electron chi connectivity index (χ1n) is 5.49. The smallest absolute Gasteiger partial charge is 0.135 e. The summed E-state index contributed by atoms with van der Waals surface area (Å²) in [5.74, 6) is 2.16. The van der Waals surface area contributed by atoms with Gasteiger partial charge in [0.15, 0.2) is 0 Å². The van der Waals surface area contributed by atoms with Crippen LogP contribution in [-0.2, 0) is 4.74 Å². The minimum absolute atomic E-state index is 0.211. The Kier molecular flexibility index (Phi) is 3.61. The lowest BCUT2D eigenvalue weighted by atomic mass is 10.3. The van der Waals surface area contributed by atoms with Crippen LogP contribution in [0.15, 0.2) is 6.07 Å². The first kappa shape index (κ1) is 11.6. The average Bonchev–Trinajstić information content (AvgIpc) is 2.99. The molecular weight excluding hydrogens is 226 g/mol. The number of aromatic nitrogens is 2. The van der Waals surface area contributed by atoms with Crippen molar-refractivity contribution in [1.29, 1.82) is 0 Å². The molecular formula is C11H16ClN3O. The van der Waals surface area contributed by atoms with E-state index >= 15 is 0 Å². The number of rotatable bonds is 5. The van der Waals surface area contributed by atoms with E-state index in [2.05, 4.69) is 15.3 Å². The number of ether oxygens (including phenoxy) is 1. The molecule has 16 heavy (non-hydrogen) atoms. The van der Waals surface area contributed by atoms with Crippen molar-refractivity contribution in [2.75, 3.05) is 19.0 Å². The molecule has 1 aromatic heterocycles. The number of anilines is 1. The van der Waals surface area contributed by atoms with E-state index in [4.69, 9.17) is 16.3 Å². The first-order chi connectivity index (χ1) is 7.69. The zero-order valence-corrected chi connectivity index (χ0v) is 10.3. The number of methoxy groups -OCH3 is 1. The van der Waals surface area contributed by atoms with Crippen LogP contribution in [-0.4, -0.2) is 29.7 Å². The van der Waals surface area contributed by atoms with Crippen LogP contribution in [0, 0.1) is 0 Å². The zero-order valence-electron chi connectivity index (χ0n) is 9.53. The Morgan fingerprint density at radius 1 is 1.56 bits per heavy atom. The Morgan fingerprint density at radius 3 is 2.94 bits per heavy atom. The second-order valence-electron chi connectivity index (χ2n) is 4.21. The monoisotopic (exact) mass is 241 g/mol. The van der Waals surface area contributed by atoms with Gasteiger partial charge in [-0.1, -0.05) is 11.6 Å². The molecule has 1 N–H and O–H groups in total. The summed E-state index contributed by atoms with van der Waals surface area (Å²) in [4.78, 5) is 8.69. The van der Waals surface area contributed by atoms with Crippen molar-refractivity contribution < 1.29 is 4.74 Å². The average molecular weight is 242 g/mol. The predicted molar refractivity (Wildman–Crippen MR) is 64.0 cm³/mol. The van der Waals surface area contributed by atoms with Crippen molar-refractivity contribution >= 4 is 17.4 Å². The fourth-order valence-corrected chi connectivity index (χ4v) is 1.77. The first-order valence-corrected chi connectivity index (χ1v) is 5.87. The second kappa shape index (κ2) is 4.97. The third-order valence-electron chi connectivity index (χ3n) is 2.47. The maximum absolute atomic E-state index is 5.96. The SMILES string of the molecule is COCC(C)Nc1cc(Cl)nc(C2CC2)n1. The quantitative estimate of drug-likeness (QED) is 0.805. The molecule has 1 fully saturated rings. The summed E-state index contributed by atoms with van der Waals surface area (Å²) in [6.45, 7) is 2.68. The third kappa shape index (κ3) is 3.06. The van der Waals surface area contributed by atoms with E-state index in [1.165, 1.54) is 12.8 Å². The summed E-state index contributed by atoms with van der Waals surface area (Å²) in [7, 11) is 1.68. The molecule has 1 saturated carbocycles. The largest absolute Gasteiger partial charge is 0.383 e. The molecule has 0 spiro atoms. The molecule has 4 nitrogen and oxygen atoms in total. The molecule has 0 radical (unpaired) electrons. The fraction of sp³-hybridized carbons (Fsp3) is 0.636. The van der Waals surface area contributed by atoms with Crippen LogP contribution in [0.4, 0.5) is 5.82 Å². The van der Waals surface area contributed by atoms with Gasteiger partial charge in [-0.05, 0) is 19.8 Å². The van der Waals surface area contributed by atoms with Gasteiger partial charge in [0.05, 0.1) is 6.61 Å². The number of halogens is 1. The topological polar surface area (TPSA) is 47.0 Å². The molecule has 0 saturated heterocycles. The molecule has 5 heteroatoms. The van der Waals surface area contributed by atoms with Crippen LogP contribution in [0.2, 0.25) is 5.15 Å². The van der Waals surface area contributed by atoms with Crippen LogP contribution in [0.25, 0.3) is 0 Å². The van der Waals surface area contributed by atoms with E-state index in [-0.39, 0.29) is 6.04 Å². The molecule has 88 valence electrons. The van der Waals surface area contributed by atoms with E-state index in [9.17, 15) is 0 Å². The summed E-state index contributed by atoms with van der Waals surface area (Å²) >= 11 is 5.96. The van der Waals surface area contributed by atoms with E-state index in [1.54, 1.807) is 13.2 Å². The summed E-state index contributed by atoms with van der Waals surface area (Å²) in [6, 6.07) is 1.96. The van der Waals surface area contributed by atoms with Gasteiger partial charge in [-0.2, -0.15) is 0 Å². The number of nitrogens with zero attached hydrogens (tertiary/aromatic N) is 2. The van der Waals surface area contributed by atoms with Crippen LogP contribution in [0.3, 0.4) is 0 Å². The maximum Gasteiger partial charge on any atom is 0.135 e. The molecule has 0 aromatic carbocycles. The highest BCUT2D eigenvalue weighted by atomic mass is 35.5. The second-order valence-corrected chi connectivity index (χ2v) is 4.60. The van der Waals surface area contributed by atoms with Gasteiger partial charge < -0.3 is 10.1 Å². The lowest BCUT2D eigenvalue weighted by molar-refractivity contribution is 0.190. The molecule has 0 amide bonds. The molecule has 1 aromatic rings. The highest BCUT2D eigenvalue weighted by Gasteiger charge is 2.27. The van der Waals surface area contributed by atoms with Gasteiger partial charge in [0.2, 0.25) is 0 Å². The van der Waals surface area contributed by atoms with Crippen molar-refractivity contribution in [3.63, 3.8) is 0 Å². The van der Waals surface area contributed by atoms with Gasteiger partial charge in [-0.25, -0.2) is 9.97 Å². The molecule has 2 rings (SSSR count). The third-order valence-corrected chi connectivity index (χ3v) is 2.66. The Hall–Kier alpha value is -0.870. The van der Waals surface area contributed by atoms with E-state index in [1.807, 2.05) is 6.92 Å². The van der Waals surface area contributed by atoms with Gasteiger partial charge in [-0.3, -0.25) is 0 Å². The number of nitrogens with one attached hydrogen (secondary N) is 1. The molecule has 1 unspecified atom stereocenters. The Labute approximate surface area is 100 Å². The van der Waals surface area contributed by atoms with Gasteiger partial charge in [0, 0.05) is 25.1 Å². The van der Waals surface area contributed by atoms with Gasteiger partial charge in [-0.15, -0.1) is 0 Å². The van der Waals surface area contributed by atoms with Gasteiger partial charge in [0.1, 0.15) is 16.8 Å². The summed E-state index contributed by atoms with van der Waals surface area (Å²) in [6.07, 6.45) is 2.35. The lowest BCUT2D eigenvalue weighted by Crippen LogP contribution is -2.21. The minimum Gasteiger partial charge on any atom is -0.383 e. The molecule has 1 atom stereocenters. The zero-order chi connectivity index (χ0) is 11.5. The Morgan fingerprint density at radius 2 is 2.31 bits per heavy atom. The van der Waals surface area contributed by atoms with Crippen molar-refractivity contribution in [2.24, 2.45) is 0 Å². The van der Waals surface area contributed by atoms with Crippen LogP contribution >= 0.6 is 11.6 Å². The fourth-order valence-electron chi connectivity index (χ4n) is 1.58. The van der Waals surface area contributed by atoms with Crippen LogP contribution < -0.4 is 5.32 Å². The molecule has 0 aliphatic heterocycles. The molecule has 1 aliphatic carbocycles. The Bertz CT molecular complexity index is 368. The summed E-state index contributed by atoms with van der Waals surface area (Å²) < 4.78 is 5.06. The Balaban J connectivity index is 2.07. The summed E-state index contributed by atoms with van der Waals surface area (Å²) in [5, 5.41) is 3.75. The minimum atomic E-state index is 0.211. The lowest BCUT2D eigenvalue weighted by Gasteiger charge is -2.14. The van der Waals surface area contributed by atoms with Crippen molar-refractivity contribution in [2.45, 2.75) is 31.7 Å². The van der Waals surface area contributed by atoms with Crippen molar-refractivity contribution in [3.8, 4) is 0 Å². The number of hydrogen-bond acceptors (Lipinski definition) is 4. The van der Waals surface area contributed by atoms with Crippen LogP contribution in [0.1, 0.15) is 31.5 Å². The van der Waals surface area contributed by atoms with E-state index in [0.29, 0.717) is 17.7 Å². The highest BCUT2D eigenvalue weighted by Crippen LogP contribution is 2.38. The molecule has 0 bridgehead atoms. The standard InChI is InChI=1S/C11H16ClN3O/c1-7(6-16-2)13-10-5-9(12)14-11(15-10)8-3-4-8/h5,7-8H,3-4,6H2,1-2H3,(H,13,14,15). The van der Waals surface area contributed by atoms with Crippen molar-refractivity contribution in [1.82, 2.24) is 9.97 Å². The van der Waals surface area contributed by atoms with E-state index in [0.717, 1.165) is 11.6 Å². The summed E-state index contributed by atoms with van der Waals surface area (Å²) in [5.41, 5.74) is 0.